The van der Waals surface area contributed by atoms with Crippen LogP contribution in [0.1, 0.15) is 23.6 Å². The minimum Gasteiger partial charge on any atom is -0.507 e. The van der Waals surface area contributed by atoms with Crippen LogP contribution in [0.25, 0.3) is 5.76 Å². The third-order valence-electron chi connectivity index (χ3n) is 5.09. The summed E-state index contributed by atoms with van der Waals surface area (Å²) in [5.41, 5.74) is 0.964. The number of ether oxygens (including phenoxy) is 1. The summed E-state index contributed by atoms with van der Waals surface area (Å²) in [6.07, 6.45) is 0.670. The summed E-state index contributed by atoms with van der Waals surface area (Å²) >= 11 is 0. The largest absolute Gasteiger partial charge is 0.507 e. The number of likely N-dealkylation sites (tertiary alicyclic amines) is 1. The lowest BCUT2D eigenvalue weighted by molar-refractivity contribution is -0.139. The summed E-state index contributed by atoms with van der Waals surface area (Å²) in [5.74, 6) is -1.53. The first kappa shape index (κ1) is 21.5. The van der Waals surface area contributed by atoms with Crippen LogP contribution in [-0.2, 0) is 9.59 Å². The number of aliphatic hydroxyl groups is 1. The fourth-order valence-corrected chi connectivity index (χ4v) is 3.56. The van der Waals surface area contributed by atoms with Crippen LogP contribution >= 0.6 is 0 Å². The summed E-state index contributed by atoms with van der Waals surface area (Å²) in [5, 5.41) is 10.9. The van der Waals surface area contributed by atoms with E-state index in [2.05, 4.69) is 0 Å². The maximum atomic E-state index is 13.3. The molecule has 158 valence electrons. The Morgan fingerprint density at radius 3 is 2.30 bits per heavy atom. The summed E-state index contributed by atoms with van der Waals surface area (Å²) < 4.78 is 18.5. The average Bonchev–Trinajstić information content (AvgIpc) is 2.98. The van der Waals surface area contributed by atoms with Crippen LogP contribution in [0.15, 0.2) is 54.1 Å². The topological polar surface area (TPSA) is 70.1 Å². The Hall–Kier alpha value is -3.19. The van der Waals surface area contributed by atoms with Gasteiger partial charge in [0.15, 0.2) is 0 Å². The van der Waals surface area contributed by atoms with Gasteiger partial charge in [0.25, 0.3) is 11.7 Å². The second-order valence-corrected chi connectivity index (χ2v) is 7.43. The summed E-state index contributed by atoms with van der Waals surface area (Å²) in [4.78, 5) is 29.2. The number of ketones is 1. The SMILES string of the molecule is COc1ccc([C@@H]2/C(=C(\O)c3ccc(F)cc3)C(=O)C(=O)N2CCCN(C)C)cc1. The number of carbonyl (C=O) groups is 2. The van der Waals surface area contributed by atoms with Gasteiger partial charge in [-0.05, 0) is 69.0 Å². The highest BCUT2D eigenvalue weighted by Gasteiger charge is 2.45. The van der Waals surface area contributed by atoms with Gasteiger partial charge in [-0.15, -0.1) is 0 Å². The van der Waals surface area contributed by atoms with Gasteiger partial charge in [0, 0.05) is 12.1 Å². The van der Waals surface area contributed by atoms with Crippen molar-refractivity contribution in [1.29, 1.82) is 0 Å². The van der Waals surface area contributed by atoms with Crippen molar-refractivity contribution in [2.24, 2.45) is 0 Å². The van der Waals surface area contributed by atoms with E-state index in [4.69, 9.17) is 4.74 Å². The highest BCUT2D eigenvalue weighted by Crippen LogP contribution is 2.39. The number of hydrogen-bond acceptors (Lipinski definition) is 5. The molecule has 0 saturated carbocycles. The molecule has 1 aliphatic heterocycles. The highest BCUT2D eigenvalue weighted by atomic mass is 19.1. The summed E-state index contributed by atoms with van der Waals surface area (Å²) in [6, 6.07) is 11.5. The van der Waals surface area contributed by atoms with Gasteiger partial charge >= 0.3 is 0 Å². The predicted molar refractivity (Wildman–Crippen MR) is 112 cm³/mol. The lowest BCUT2D eigenvalue weighted by Crippen LogP contribution is -2.32. The van der Waals surface area contributed by atoms with E-state index >= 15 is 0 Å². The maximum absolute atomic E-state index is 13.3. The Morgan fingerprint density at radius 1 is 1.10 bits per heavy atom. The number of nitrogens with zero attached hydrogens (tertiary/aromatic N) is 2. The molecule has 1 saturated heterocycles. The molecule has 1 N–H and O–H groups in total. The zero-order chi connectivity index (χ0) is 21.8. The lowest BCUT2D eigenvalue weighted by Gasteiger charge is -2.26. The van der Waals surface area contributed by atoms with Gasteiger partial charge in [0.1, 0.15) is 17.3 Å². The summed E-state index contributed by atoms with van der Waals surface area (Å²) in [7, 11) is 5.42. The molecule has 1 fully saturated rings. The third kappa shape index (κ3) is 4.36. The Morgan fingerprint density at radius 2 is 1.73 bits per heavy atom. The molecule has 0 aromatic heterocycles. The Labute approximate surface area is 175 Å². The van der Waals surface area contributed by atoms with Gasteiger partial charge in [0.2, 0.25) is 0 Å². The van der Waals surface area contributed by atoms with Gasteiger partial charge in [-0.25, -0.2) is 4.39 Å². The van der Waals surface area contributed by atoms with Crippen LogP contribution < -0.4 is 4.74 Å². The van der Waals surface area contributed by atoms with Crippen molar-refractivity contribution >= 4 is 17.4 Å². The molecule has 3 rings (SSSR count). The smallest absolute Gasteiger partial charge is 0.295 e. The molecule has 0 bridgehead atoms. The third-order valence-corrected chi connectivity index (χ3v) is 5.09. The summed E-state index contributed by atoms with van der Waals surface area (Å²) in [6.45, 7) is 1.11. The molecule has 6 nitrogen and oxygen atoms in total. The second kappa shape index (κ2) is 9.09. The molecular weight excluding hydrogens is 387 g/mol. The van der Waals surface area contributed by atoms with Crippen LogP contribution in [0.4, 0.5) is 4.39 Å². The van der Waals surface area contributed by atoms with Crippen LogP contribution in [0.2, 0.25) is 0 Å². The van der Waals surface area contributed by atoms with E-state index in [9.17, 15) is 19.1 Å². The first-order valence-corrected chi connectivity index (χ1v) is 9.66. The van der Waals surface area contributed by atoms with Gasteiger partial charge in [-0.1, -0.05) is 12.1 Å². The normalized spacial score (nSPS) is 18.3. The van der Waals surface area contributed by atoms with E-state index in [1.807, 2.05) is 19.0 Å². The van der Waals surface area contributed by atoms with Crippen LogP contribution in [0.5, 0.6) is 5.75 Å². The Kier molecular flexibility index (Phi) is 6.52. The molecule has 7 heteroatoms. The molecule has 2 aromatic carbocycles. The number of rotatable bonds is 7. The number of Topliss-reactive ketones (excluding diaryl/α,β-unsaturated/α-hetero) is 1. The zero-order valence-electron chi connectivity index (χ0n) is 17.3. The molecule has 1 aliphatic rings. The number of carbonyl (C=O) groups excluding carboxylic acids is 2. The van der Waals surface area contributed by atoms with Crippen molar-refractivity contribution in [2.75, 3.05) is 34.3 Å². The molecule has 1 amide bonds. The number of halogens is 1. The predicted octanol–water partition coefficient (Wildman–Crippen LogP) is 3.21. The van der Waals surface area contributed by atoms with Gasteiger partial charge < -0.3 is 19.6 Å². The number of methoxy groups -OCH3 is 1. The van der Waals surface area contributed by atoms with Gasteiger partial charge in [-0.3, -0.25) is 9.59 Å². The van der Waals surface area contributed by atoms with Crippen molar-refractivity contribution in [3.05, 3.63) is 71.0 Å². The monoisotopic (exact) mass is 412 g/mol. The van der Waals surface area contributed by atoms with E-state index < -0.39 is 23.5 Å². The quantitative estimate of drug-likeness (QED) is 0.430. The van der Waals surface area contributed by atoms with E-state index in [-0.39, 0.29) is 16.9 Å². The molecule has 0 aliphatic carbocycles. The second-order valence-electron chi connectivity index (χ2n) is 7.43. The minimum atomic E-state index is -0.748. The van der Waals surface area contributed by atoms with Gasteiger partial charge in [0.05, 0.1) is 18.7 Å². The standard InChI is InChI=1S/C23H25FN2O4/c1-25(2)13-4-14-26-20(15-7-11-18(30-3)12-8-15)19(22(28)23(26)29)21(27)16-5-9-17(24)10-6-16/h5-12,20,27H,4,13-14H2,1-3H3/b21-19+/t20-/m1/s1. The van der Waals surface area contributed by atoms with Crippen molar-refractivity contribution in [2.45, 2.75) is 12.5 Å². The maximum Gasteiger partial charge on any atom is 0.295 e. The van der Waals surface area contributed by atoms with E-state index in [1.54, 1.807) is 31.4 Å². The molecule has 2 aromatic rings. The average molecular weight is 412 g/mol. The van der Waals surface area contributed by atoms with Crippen LogP contribution in [0.3, 0.4) is 0 Å². The van der Waals surface area contributed by atoms with Crippen molar-refractivity contribution in [3.8, 4) is 5.75 Å². The fraction of sp³-hybridized carbons (Fsp3) is 0.304. The lowest BCUT2D eigenvalue weighted by atomic mass is 9.95. The molecule has 1 heterocycles. The number of amides is 1. The van der Waals surface area contributed by atoms with Crippen LogP contribution in [0, 0.1) is 5.82 Å². The van der Waals surface area contributed by atoms with Gasteiger partial charge in [-0.2, -0.15) is 0 Å². The Balaban J connectivity index is 2.07. The van der Waals surface area contributed by atoms with E-state index in [0.29, 0.717) is 24.3 Å². The first-order chi connectivity index (χ1) is 14.3. The minimum absolute atomic E-state index is 0.00151. The van der Waals surface area contributed by atoms with E-state index in [0.717, 1.165) is 6.54 Å². The molecule has 1 atom stereocenters. The highest BCUT2D eigenvalue weighted by molar-refractivity contribution is 6.46. The van der Waals surface area contributed by atoms with Crippen molar-refractivity contribution < 1.29 is 23.8 Å². The number of benzene rings is 2. The van der Waals surface area contributed by atoms with E-state index in [1.165, 1.54) is 29.2 Å². The molecular formula is C23H25FN2O4. The molecule has 0 unspecified atom stereocenters. The molecule has 0 radical (unpaired) electrons. The molecule has 0 spiro atoms. The van der Waals surface area contributed by atoms with Crippen molar-refractivity contribution in [1.82, 2.24) is 9.80 Å². The molecule has 30 heavy (non-hydrogen) atoms. The number of aliphatic hydroxyl groups excluding tert-OH is 1. The van der Waals surface area contributed by atoms with Crippen molar-refractivity contribution in [3.63, 3.8) is 0 Å². The number of hydrogen-bond donors (Lipinski definition) is 1. The Bertz CT molecular complexity index is 952. The fourth-order valence-electron chi connectivity index (χ4n) is 3.56. The zero-order valence-corrected chi connectivity index (χ0v) is 17.3. The first-order valence-electron chi connectivity index (χ1n) is 9.66. The van der Waals surface area contributed by atoms with Crippen LogP contribution in [-0.4, -0.2) is 60.9 Å².